The number of rotatable bonds is 2. The first kappa shape index (κ1) is 12.9. The van der Waals surface area contributed by atoms with Gasteiger partial charge < -0.3 is 4.74 Å². The molecule has 3 heteroatoms. The summed E-state index contributed by atoms with van der Waals surface area (Å²) in [6.45, 7) is 6.11. The molecule has 1 aromatic heterocycles. The second-order valence-corrected chi connectivity index (χ2v) is 5.57. The van der Waals surface area contributed by atoms with Gasteiger partial charge in [-0.25, -0.2) is 0 Å². The number of hydrogen-bond donors (Lipinski definition) is 0. The first-order valence-electron chi connectivity index (χ1n) is 5.90. The van der Waals surface area contributed by atoms with Gasteiger partial charge in [-0.3, -0.25) is 0 Å². The Labute approximate surface area is 113 Å². The van der Waals surface area contributed by atoms with E-state index in [4.69, 9.17) is 16.3 Å². The standard InChI is InChI=1S/C15H17ClNO/c1-15(2,3)18-14-6-4-13(5-7-14)17-10-8-12(16)9-11-17/h4-11H,1-3H3/q+1. The zero-order chi connectivity index (χ0) is 13.2. The molecule has 18 heavy (non-hydrogen) atoms. The normalized spacial score (nSPS) is 11.3. The predicted molar refractivity (Wildman–Crippen MR) is 73.4 cm³/mol. The molecule has 2 rings (SSSR count). The number of aromatic nitrogens is 1. The van der Waals surface area contributed by atoms with Crippen LogP contribution in [0.3, 0.4) is 0 Å². The molecule has 94 valence electrons. The average molecular weight is 263 g/mol. The van der Waals surface area contributed by atoms with Crippen LogP contribution in [0, 0.1) is 0 Å². The maximum Gasteiger partial charge on any atom is 0.210 e. The molecule has 0 saturated carbocycles. The lowest BCUT2D eigenvalue weighted by Crippen LogP contribution is -2.29. The van der Waals surface area contributed by atoms with Crippen molar-refractivity contribution in [1.82, 2.24) is 0 Å². The first-order chi connectivity index (χ1) is 8.44. The summed E-state index contributed by atoms with van der Waals surface area (Å²) in [5.41, 5.74) is 0.905. The summed E-state index contributed by atoms with van der Waals surface area (Å²) in [6, 6.07) is 11.7. The lowest BCUT2D eigenvalue weighted by molar-refractivity contribution is -0.595. The Morgan fingerprint density at radius 2 is 1.50 bits per heavy atom. The van der Waals surface area contributed by atoms with E-state index in [0.29, 0.717) is 0 Å². The molecule has 0 saturated heterocycles. The highest BCUT2D eigenvalue weighted by Crippen LogP contribution is 2.18. The maximum absolute atomic E-state index is 5.86. The van der Waals surface area contributed by atoms with E-state index in [9.17, 15) is 0 Å². The van der Waals surface area contributed by atoms with Crippen molar-refractivity contribution in [1.29, 1.82) is 0 Å². The Bertz CT molecular complexity index is 512. The van der Waals surface area contributed by atoms with Crippen LogP contribution in [0.25, 0.3) is 5.69 Å². The number of halogens is 1. The van der Waals surface area contributed by atoms with E-state index in [0.717, 1.165) is 16.5 Å². The van der Waals surface area contributed by atoms with Crippen molar-refractivity contribution in [2.75, 3.05) is 0 Å². The van der Waals surface area contributed by atoms with E-state index in [1.165, 1.54) is 0 Å². The van der Waals surface area contributed by atoms with Crippen LogP contribution in [-0.2, 0) is 0 Å². The monoisotopic (exact) mass is 262 g/mol. The Morgan fingerprint density at radius 3 is 2.00 bits per heavy atom. The van der Waals surface area contributed by atoms with Crippen LogP contribution in [0.4, 0.5) is 0 Å². The second kappa shape index (κ2) is 4.99. The number of hydrogen-bond acceptors (Lipinski definition) is 1. The Balaban J connectivity index is 2.20. The molecule has 0 atom stereocenters. The van der Waals surface area contributed by atoms with Gasteiger partial charge >= 0.3 is 0 Å². The quantitative estimate of drug-likeness (QED) is 0.751. The first-order valence-corrected chi connectivity index (χ1v) is 6.28. The smallest absolute Gasteiger partial charge is 0.210 e. The number of pyridine rings is 1. The maximum atomic E-state index is 5.86. The minimum Gasteiger partial charge on any atom is -0.488 e. The summed E-state index contributed by atoms with van der Waals surface area (Å²) in [6.07, 6.45) is 3.86. The zero-order valence-electron chi connectivity index (χ0n) is 10.9. The number of ether oxygens (including phenoxy) is 1. The van der Waals surface area contributed by atoms with E-state index < -0.39 is 0 Å². The Morgan fingerprint density at radius 1 is 0.944 bits per heavy atom. The van der Waals surface area contributed by atoms with Crippen molar-refractivity contribution in [2.45, 2.75) is 26.4 Å². The van der Waals surface area contributed by atoms with Gasteiger partial charge in [0.05, 0.1) is 5.02 Å². The molecule has 0 aliphatic carbocycles. The molecule has 0 aliphatic heterocycles. The molecule has 0 fully saturated rings. The fourth-order valence-electron chi connectivity index (χ4n) is 1.62. The van der Waals surface area contributed by atoms with Crippen LogP contribution >= 0.6 is 11.6 Å². The highest BCUT2D eigenvalue weighted by atomic mass is 35.5. The van der Waals surface area contributed by atoms with Gasteiger partial charge in [-0.2, -0.15) is 4.57 Å². The van der Waals surface area contributed by atoms with Crippen molar-refractivity contribution in [3.8, 4) is 11.4 Å². The van der Waals surface area contributed by atoms with Gasteiger partial charge in [-0.15, -0.1) is 0 Å². The molecular weight excluding hydrogens is 246 g/mol. The van der Waals surface area contributed by atoms with E-state index in [2.05, 4.69) is 0 Å². The van der Waals surface area contributed by atoms with Crippen LogP contribution in [0.5, 0.6) is 5.75 Å². The molecule has 0 bridgehead atoms. The molecule has 0 unspecified atom stereocenters. The molecule has 0 radical (unpaired) electrons. The fourth-order valence-corrected chi connectivity index (χ4v) is 1.73. The summed E-state index contributed by atoms with van der Waals surface area (Å²) in [7, 11) is 0. The lowest BCUT2D eigenvalue weighted by atomic mass is 10.2. The third-order valence-electron chi connectivity index (χ3n) is 2.35. The average Bonchev–Trinajstić information content (AvgIpc) is 2.29. The van der Waals surface area contributed by atoms with Gasteiger partial charge in [0.15, 0.2) is 12.4 Å². The molecular formula is C15H17ClNO+. The van der Waals surface area contributed by atoms with Crippen LogP contribution in [0.2, 0.25) is 5.02 Å². The van der Waals surface area contributed by atoms with Crippen molar-refractivity contribution < 1.29 is 9.30 Å². The van der Waals surface area contributed by atoms with Crippen LogP contribution in [0.1, 0.15) is 20.8 Å². The number of benzene rings is 1. The predicted octanol–water partition coefficient (Wildman–Crippen LogP) is 3.79. The van der Waals surface area contributed by atoms with Crippen molar-refractivity contribution >= 4 is 11.6 Å². The molecule has 2 aromatic rings. The van der Waals surface area contributed by atoms with E-state index in [-0.39, 0.29) is 5.60 Å². The van der Waals surface area contributed by atoms with E-state index in [1.807, 2.05) is 74.1 Å². The van der Waals surface area contributed by atoms with Crippen molar-refractivity contribution in [3.05, 3.63) is 53.8 Å². The van der Waals surface area contributed by atoms with Gasteiger partial charge in [0.25, 0.3) is 0 Å². The summed E-state index contributed by atoms with van der Waals surface area (Å²) in [5, 5.41) is 0.735. The van der Waals surface area contributed by atoms with Crippen molar-refractivity contribution in [3.63, 3.8) is 0 Å². The number of nitrogens with zero attached hydrogens (tertiary/aromatic N) is 1. The summed E-state index contributed by atoms with van der Waals surface area (Å²) >= 11 is 5.86. The topological polar surface area (TPSA) is 13.1 Å². The SMILES string of the molecule is CC(C)(C)Oc1ccc(-[n+]2ccc(Cl)cc2)cc1. The third kappa shape index (κ3) is 3.47. The molecule has 2 nitrogen and oxygen atoms in total. The molecule has 1 aromatic carbocycles. The minimum atomic E-state index is -0.172. The van der Waals surface area contributed by atoms with E-state index >= 15 is 0 Å². The summed E-state index contributed by atoms with van der Waals surface area (Å²) in [4.78, 5) is 0. The third-order valence-corrected chi connectivity index (χ3v) is 2.60. The van der Waals surface area contributed by atoms with E-state index in [1.54, 1.807) is 0 Å². The lowest BCUT2D eigenvalue weighted by Gasteiger charge is -2.20. The fraction of sp³-hybridized carbons (Fsp3) is 0.267. The minimum absolute atomic E-state index is 0.172. The Hall–Kier alpha value is -1.54. The van der Waals surface area contributed by atoms with Crippen LogP contribution in [-0.4, -0.2) is 5.60 Å². The van der Waals surface area contributed by atoms with Gasteiger partial charge in [0, 0.05) is 24.3 Å². The van der Waals surface area contributed by atoms with Gasteiger partial charge in [0.2, 0.25) is 5.69 Å². The molecule has 0 amide bonds. The largest absolute Gasteiger partial charge is 0.488 e. The van der Waals surface area contributed by atoms with Gasteiger partial charge in [0.1, 0.15) is 11.4 Å². The molecule has 0 N–H and O–H groups in total. The molecule has 0 aliphatic rings. The summed E-state index contributed by atoms with van der Waals surface area (Å²) < 4.78 is 7.79. The molecule has 1 heterocycles. The Kier molecular flexibility index (Phi) is 3.58. The van der Waals surface area contributed by atoms with Gasteiger partial charge in [-0.1, -0.05) is 11.6 Å². The second-order valence-electron chi connectivity index (χ2n) is 5.13. The highest BCUT2D eigenvalue weighted by Gasteiger charge is 2.12. The zero-order valence-corrected chi connectivity index (χ0v) is 11.6. The highest BCUT2D eigenvalue weighted by molar-refractivity contribution is 6.30. The van der Waals surface area contributed by atoms with Crippen LogP contribution < -0.4 is 9.30 Å². The van der Waals surface area contributed by atoms with Crippen molar-refractivity contribution in [2.24, 2.45) is 0 Å². The summed E-state index contributed by atoms with van der Waals surface area (Å²) in [5.74, 6) is 0.876. The van der Waals surface area contributed by atoms with Crippen LogP contribution in [0.15, 0.2) is 48.8 Å². The van der Waals surface area contributed by atoms with Gasteiger partial charge in [-0.05, 0) is 32.9 Å². The molecule has 0 spiro atoms.